The van der Waals surface area contributed by atoms with E-state index in [1.54, 1.807) is 29.5 Å². The van der Waals surface area contributed by atoms with Gasteiger partial charge in [0.2, 0.25) is 10.0 Å². The number of guanidine groups is 1. The monoisotopic (exact) mass is 494 g/mol. The number of nitrogens with zero attached hydrogens (tertiary/aromatic N) is 1. The SMILES string of the molecule is CCNC(=NCc1ccsc1)NCc1cccc(S(=O)(=O)NC)c1.I. The smallest absolute Gasteiger partial charge is 0.240 e. The highest BCUT2D eigenvalue weighted by Gasteiger charge is 2.11. The van der Waals surface area contributed by atoms with Crippen molar-refractivity contribution in [2.24, 2.45) is 4.99 Å². The van der Waals surface area contributed by atoms with Crippen LogP contribution in [-0.4, -0.2) is 28.0 Å². The molecule has 0 saturated carbocycles. The lowest BCUT2D eigenvalue weighted by Crippen LogP contribution is -2.36. The quantitative estimate of drug-likeness (QED) is 0.314. The minimum atomic E-state index is -3.43. The van der Waals surface area contributed by atoms with Gasteiger partial charge in [-0.3, -0.25) is 0 Å². The number of halogens is 1. The Labute approximate surface area is 170 Å². The van der Waals surface area contributed by atoms with Crippen molar-refractivity contribution in [1.82, 2.24) is 15.4 Å². The molecule has 1 heterocycles. The van der Waals surface area contributed by atoms with Crippen molar-refractivity contribution >= 4 is 51.3 Å². The summed E-state index contributed by atoms with van der Waals surface area (Å²) in [7, 11) is -2.03. The van der Waals surface area contributed by atoms with Crippen molar-refractivity contribution < 1.29 is 8.42 Å². The minimum Gasteiger partial charge on any atom is -0.357 e. The summed E-state index contributed by atoms with van der Waals surface area (Å²) < 4.78 is 26.0. The second-order valence-corrected chi connectivity index (χ2v) is 7.70. The molecule has 3 N–H and O–H groups in total. The van der Waals surface area contributed by atoms with Crippen LogP contribution in [0.4, 0.5) is 0 Å². The first-order chi connectivity index (χ1) is 11.5. The largest absolute Gasteiger partial charge is 0.357 e. The van der Waals surface area contributed by atoms with E-state index < -0.39 is 10.0 Å². The zero-order chi connectivity index (χ0) is 17.4. The minimum absolute atomic E-state index is 0. The summed E-state index contributed by atoms with van der Waals surface area (Å²) in [6.07, 6.45) is 0. The van der Waals surface area contributed by atoms with Crippen LogP contribution < -0.4 is 15.4 Å². The summed E-state index contributed by atoms with van der Waals surface area (Å²) in [4.78, 5) is 4.78. The van der Waals surface area contributed by atoms with Crippen molar-refractivity contribution in [2.45, 2.75) is 24.9 Å². The standard InChI is InChI=1S/C16H22N4O2S2.HI/c1-3-18-16(20-11-14-7-8-23-12-14)19-10-13-5-4-6-15(9-13)24(21,22)17-2;/h4-9,12,17H,3,10-11H2,1-2H3,(H2,18,19,20);1H. The van der Waals surface area contributed by atoms with Gasteiger partial charge in [0, 0.05) is 13.1 Å². The predicted octanol–water partition coefficient (Wildman–Crippen LogP) is 2.53. The van der Waals surface area contributed by atoms with E-state index in [1.165, 1.54) is 12.6 Å². The van der Waals surface area contributed by atoms with Gasteiger partial charge in [0.05, 0.1) is 11.4 Å². The Hall–Kier alpha value is -1.17. The number of hydrogen-bond acceptors (Lipinski definition) is 4. The average molecular weight is 494 g/mol. The van der Waals surface area contributed by atoms with Gasteiger partial charge in [-0.25, -0.2) is 18.1 Å². The number of benzene rings is 1. The molecule has 25 heavy (non-hydrogen) atoms. The summed E-state index contributed by atoms with van der Waals surface area (Å²) in [6.45, 7) is 3.85. The first kappa shape index (κ1) is 21.9. The van der Waals surface area contributed by atoms with Crippen LogP contribution in [0.3, 0.4) is 0 Å². The topological polar surface area (TPSA) is 82.6 Å². The Morgan fingerprint density at radius 3 is 2.64 bits per heavy atom. The highest BCUT2D eigenvalue weighted by Crippen LogP contribution is 2.11. The third-order valence-electron chi connectivity index (χ3n) is 3.28. The Kier molecular flexibility index (Phi) is 9.39. The third-order valence-corrected chi connectivity index (χ3v) is 5.43. The van der Waals surface area contributed by atoms with Crippen molar-refractivity contribution in [3.63, 3.8) is 0 Å². The summed E-state index contributed by atoms with van der Waals surface area (Å²) >= 11 is 1.65. The molecule has 6 nitrogen and oxygen atoms in total. The lowest BCUT2D eigenvalue weighted by molar-refractivity contribution is 0.588. The summed E-state index contributed by atoms with van der Waals surface area (Å²) in [5.74, 6) is 0.700. The molecule has 2 rings (SSSR count). The fraction of sp³-hybridized carbons (Fsp3) is 0.312. The molecule has 0 aliphatic heterocycles. The average Bonchev–Trinajstić information content (AvgIpc) is 3.11. The molecule has 0 unspecified atom stereocenters. The van der Waals surface area contributed by atoms with Gasteiger partial charge in [0.15, 0.2) is 5.96 Å². The molecule has 0 atom stereocenters. The van der Waals surface area contributed by atoms with Crippen LogP contribution in [0.2, 0.25) is 0 Å². The van der Waals surface area contributed by atoms with Gasteiger partial charge in [0.25, 0.3) is 0 Å². The van der Waals surface area contributed by atoms with Crippen LogP contribution in [0, 0.1) is 0 Å². The number of hydrogen-bond donors (Lipinski definition) is 3. The normalized spacial score (nSPS) is 11.7. The molecule has 1 aromatic heterocycles. The van der Waals surface area contributed by atoms with E-state index in [4.69, 9.17) is 0 Å². The molecule has 0 amide bonds. The number of aliphatic imine (C=N–C) groups is 1. The molecular weight excluding hydrogens is 471 g/mol. The number of thiophene rings is 1. The zero-order valence-corrected chi connectivity index (χ0v) is 18.1. The van der Waals surface area contributed by atoms with E-state index in [0.29, 0.717) is 19.0 Å². The fourth-order valence-corrected chi connectivity index (χ4v) is 3.48. The maximum Gasteiger partial charge on any atom is 0.240 e. The van der Waals surface area contributed by atoms with E-state index in [1.807, 2.05) is 24.4 Å². The van der Waals surface area contributed by atoms with Crippen molar-refractivity contribution in [3.8, 4) is 0 Å². The van der Waals surface area contributed by atoms with Gasteiger partial charge in [-0.2, -0.15) is 11.3 Å². The van der Waals surface area contributed by atoms with E-state index in [-0.39, 0.29) is 28.9 Å². The van der Waals surface area contributed by atoms with Crippen LogP contribution >= 0.6 is 35.3 Å². The molecule has 0 fully saturated rings. The van der Waals surface area contributed by atoms with Gasteiger partial charge in [-0.1, -0.05) is 12.1 Å². The van der Waals surface area contributed by atoms with Crippen molar-refractivity contribution in [3.05, 3.63) is 52.2 Å². The summed E-state index contributed by atoms with van der Waals surface area (Å²) in [5, 5.41) is 10.5. The lowest BCUT2D eigenvalue weighted by atomic mass is 10.2. The van der Waals surface area contributed by atoms with E-state index in [2.05, 4.69) is 25.7 Å². The lowest BCUT2D eigenvalue weighted by Gasteiger charge is -2.12. The first-order valence-electron chi connectivity index (χ1n) is 7.61. The van der Waals surface area contributed by atoms with Crippen LogP contribution in [-0.2, 0) is 23.1 Å². The van der Waals surface area contributed by atoms with E-state index in [0.717, 1.165) is 12.1 Å². The highest BCUT2D eigenvalue weighted by molar-refractivity contribution is 14.0. The van der Waals surface area contributed by atoms with E-state index >= 15 is 0 Å². The molecule has 1 aromatic carbocycles. The van der Waals surface area contributed by atoms with Crippen LogP contribution in [0.25, 0.3) is 0 Å². The van der Waals surface area contributed by atoms with Gasteiger partial charge < -0.3 is 10.6 Å². The van der Waals surface area contributed by atoms with Crippen molar-refractivity contribution in [2.75, 3.05) is 13.6 Å². The van der Waals surface area contributed by atoms with Gasteiger partial charge in [-0.05, 0) is 54.1 Å². The predicted molar refractivity (Wildman–Crippen MR) is 114 cm³/mol. The summed E-state index contributed by atoms with van der Waals surface area (Å²) in [6, 6.07) is 8.89. The molecule has 0 aliphatic rings. The molecule has 0 bridgehead atoms. The molecule has 0 spiro atoms. The third kappa shape index (κ3) is 6.92. The molecule has 2 aromatic rings. The van der Waals surface area contributed by atoms with Crippen LogP contribution in [0.1, 0.15) is 18.1 Å². The molecule has 138 valence electrons. The number of sulfonamides is 1. The van der Waals surface area contributed by atoms with Gasteiger partial charge in [-0.15, -0.1) is 24.0 Å². The molecule has 9 heteroatoms. The Morgan fingerprint density at radius 2 is 2.00 bits per heavy atom. The van der Waals surface area contributed by atoms with Crippen LogP contribution in [0.5, 0.6) is 0 Å². The van der Waals surface area contributed by atoms with Crippen LogP contribution in [0.15, 0.2) is 51.0 Å². The summed E-state index contributed by atoms with van der Waals surface area (Å²) in [5.41, 5.74) is 2.03. The molecular formula is C16H23IN4O2S2. The molecule has 0 aliphatic carbocycles. The zero-order valence-electron chi connectivity index (χ0n) is 14.2. The van der Waals surface area contributed by atoms with E-state index in [9.17, 15) is 8.42 Å². The van der Waals surface area contributed by atoms with Crippen molar-refractivity contribution in [1.29, 1.82) is 0 Å². The molecule has 0 saturated heterocycles. The maximum atomic E-state index is 11.9. The Balaban J connectivity index is 0.00000312. The number of nitrogens with one attached hydrogen (secondary N) is 3. The fourth-order valence-electron chi connectivity index (χ4n) is 2.02. The van der Waals surface area contributed by atoms with Gasteiger partial charge in [0.1, 0.15) is 0 Å². The second kappa shape index (κ2) is 10.7. The number of rotatable bonds is 7. The van der Waals surface area contributed by atoms with Gasteiger partial charge >= 0.3 is 0 Å². The Morgan fingerprint density at radius 1 is 1.20 bits per heavy atom. The Bertz CT molecular complexity index is 777. The molecule has 0 radical (unpaired) electrons. The second-order valence-electron chi connectivity index (χ2n) is 5.04. The first-order valence-corrected chi connectivity index (χ1v) is 10.0. The maximum absolute atomic E-state index is 11.9. The highest BCUT2D eigenvalue weighted by atomic mass is 127.